The van der Waals surface area contributed by atoms with Gasteiger partial charge in [0.05, 0.1) is 16.7 Å². The molecule has 0 spiro atoms. The van der Waals surface area contributed by atoms with E-state index in [-0.39, 0.29) is 18.0 Å². The van der Waals surface area contributed by atoms with Crippen molar-refractivity contribution in [3.05, 3.63) is 57.6 Å². The number of fused-ring (bicyclic) bond motifs is 1. The Morgan fingerprint density at radius 2 is 1.88 bits per heavy atom. The van der Waals surface area contributed by atoms with Crippen LogP contribution in [0.15, 0.2) is 30.3 Å². The van der Waals surface area contributed by atoms with E-state index < -0.39 is 33.7 Å². The van der Waals surface area contributed by atoms with Gasteiger partial charge < -0.3 is 14.8 Å². The van der Waals surface area contributed by atoms with Gasteiger partial charge in [0.25, 0.3) is 11.6 Å². The van der Waals surface area contributed by atoms with Gasteiger partial charge in [-0.05, 0) is 18.2 Å². The number of nitro groups is 1. The Morgan fingerprint density at radius 1 is 1.17 bits per heavy atom. The zero-order valence-electron chi connectivity index (χ0n) is 12.0. The maximum absolute atomic E-state index is 13.4. The van der Waals surface area contributed by atoms with Crippen LogP contribution < -0.4 is 14.8 Å². The molecule has 0 radical (unpaired) electrons. The summed E-state index contributed by atoms with van der Waals surface area (Å²) in [4.78, 5) is 22.3. The van der Waals surface area contributed by atoms with Crippen LogP contribution >= 0.6 is 0 Å². The fraction of sp³-hybridized carbons (Fsp3) is 0.133. The third kappa shape index (κ3) is 2.83. The molecule has 1 aliphatic heterocycles. The Labute approximate surface area is 134 Å². The Morgan fingerprint density at radius 3 is 2.62 bits per heavy atom. The minimum Gasteiger partial charge on any atom is -0.486 e. The van der Waals surface area contributed by atoms with E-state index in [2.05, 4.69) is 5.32 Å². The van der Waals surface area contributed by atoms with Crippen molar-refractivity contribution in [2.24, 2.45) is 0 Å². The molecule has 0 aromatic heterocycles. The predicted octanol–water partition coefficient (Wildman–Crippen LogP) is 2.90. The van der Waals surface area contributed by atoms with Gasteiger partial charge in [0.1, 0.15) is 18.8 Å². The van der Waals surface area contributed by atoms with Gasteiger partial charge in [-0.2, -0.15) is 0 Å². The van der Waals surface area contributed by atoms with Crippen LogP contribution in [0.2, 0.25) is 0 Å². The van der Waals surface area contributed by atoms with Gasteiger partial charge in [-0.15, -0.1) is 0 Å². The monoisotopic (exact) mass is 336 g/mol. The fourth-order valence-corrected chi connectivity index (χ4v) is 2.23. The summed E-state index contributed by atoms with van der Waals surface area (Å²) in [7, 11) is 0. The molecule has 9 heteroatoms. The molecule has 0 saturated heterocycles. The van der Waals surface area contributed by atoms with Crippen LogP contribution in [-0.2, 0) is 0 Å². The Balaban J connectivity index is 1.97. The van der Waals surface area contributed by atoms with E-state index in [1.165, 1.54) is 6.07 Å². The molecule has 2 aromatic rings. The number of carbonyl (C=O) groups is 1. The number of nitrogens with one attached hydrogen (secondary N) is 1. The van der Waals surface area contributed by atoms with Crippen molar-refractivity contribution in [2.75, 3.05) is 18.5 Å². The molecule has 0 unspecified atom stereocenters. The van der Waals surface area contributed by atoms with E-state index in [1.807, 2.05) is 0 Å². The molecule has 1 heterocycles. The number of carbonyl (C=O) groups excluding carboxylic acids is 1. The summed E-state index contributed by atoms with van der Waals surface area (Å²) in [6.07, 6.45) is 0. The van der Waals surface area contributed by atoms with Gasteiger partial charge in [-0.1, -0.05) is 6.07 Å². The van der Waals surface area contributed by atoms with Gasteiger partial charge in [0.15, 0.2) is 23.1 Å². The smallest absolute Gasteiger partial charge is 0.285 e. The summed E-state index contributed by atoms with van der Waals surface area (Å²) >= 11 is 0. The van der Waals surface area contributed by atoms with Crippen LogP contribution in [0.25, 0.3) is 0 Å². The molecule has 124 valence electrons. The summed E-state index contributed by atoms with van der Waals surface area (Å²) < 4.78 is 37.3. The molecule has 1 N–H and O–H groups in total. The molecular weight excluding hydrogens is 326 g/mol. The maximum atomic E-state index is 13.4. The summed E-state index contributed by atoms with van der Waals surface area (Å²) in [5.41, 5.74) is -1.24. The number of para-hydroxylation sites is 1. The molecule has 2 aromatic carbocycles. The predicted molar refractivity (Wildman–Crippen MR) is 78.4 cm³/mol. The number of rotatable bonds is 3. The minimum atomic E-state index is -1.41. The zero-order valence-corrected chi connectivity index (χ0v) is 12.0. The molecule has 3 rings (SSSR count). The van der Waals surface area contributed by atoms with Crippen molar-refractivity contribution in [2.45, 2.75) is 0 Å². The number of hydrogen-bond donors (Lipinski definition) is 1. The number of nitrogens with zero attached hydrogens (tertiary/aromatic N) is 1. The Kier molecular flexibility index (Phi) is 3.98. The molecule has 0 aliphatic carbocycles. The first-order valence-electron chi connectivity index (χ1n) is 6.81. The molecule has 24 heavy (non-hydrogen) atoms. The summed E-state index contributed by atoms with van der Waals surface area (Å²) in [5.74, 6) is -3.07. The summed E-state index contributed by atoms with van der Waals surface area (Å²) in [5, 5.41) is 13.4. The second-order valence-electron chi connectivity index (χ2n) is 4.82. The summed E-state index contributed by atoms with van der Waals surface area (Å²) in [6.45, 7) is 0.615. The number of anilines is 1. The lowest BCUT2D eigenvalue weighted by atomic mass is 10.1. The lowest BCUT2D eigenvalue weighted by molar-refractivity contribution is -0.385. The standard InChI is InChI=1S/C15H10F2N2O5/c16-9-6-8(12(19(21)22)7-10(9)17)15(20)18-11-2-1-3-13-14(11)24-5-4-23-13/h1-3,6-7H,4-5H2,(H,18,20). The number of ether oxygens (including phenoxy) is 2. The highest BCUT2D eigenvalue weighted by Gasteiger charge is 2.25. The molecule has 0 saturated carbocycles. The number of nitro benzene ring substituents is 1. The van der Waals surface area contributed by atoms with Crippen molar-refractivity contribution in [3.63, 3.8) is 0 Å². The van der Waals surface area contributed by atoms with Crippen LogP contribution in [0.3, 0.4) is 0 Å². The van der Waals surface area contributed by atoms with Crippen LogP contribution in [0.1, 0.15) is 10.4 Å². The number of amides is 1. The molecule has 1 amide bonds. The summed E-state index contributed by atoms with van der Waals surface area (Å²) in [6, 6.07) is 5.56. The highest BCUT2D eigenvalue weighted by Crippen LogP contribution is 2.37. The van der Waals surface area contributed by atoms with Crippen molar-refractivity contribution < 1.29 is 28.0 Å². The highest BCUT2D eigenvalue weighted by atomic mass is 19.2. The molecular formula is C15H10F2N2O5. The third-order valence-electron chi connectivity index (χ3n) is 3.29. The first kappa shape index (κ1) is 15.7. The molecule has 7 nitrogen and oxygen atoms in total. The van der Waals surface area contributed by atoms with Crippen LogP contribution in [-0.4, -0.2) is 24.0 Å². The molecule has 1 aliphatic rings. The minimum absolute atomic E-state index is 0.205. The van der Waals surface area contributed by atoms with Gasteiger partial charge in [0, 0.05) is 0 Å². The first-order chi connectivity index (χ1) is 11.5. The lowest BCUT2D eigenvalue weighted by Crippen LogP contribution is -2.19. The van der Waals surface area contributed by atoms with Gasteiger partial charge in [-0.3, -0.25) is 14.9 Å². The van der Waals surface area contributed by atoms with Gasteiger partial charge >= 0.3 is 0 Å². The third-order valence-corrected chi connectivity index (χ3v) is 3.29. The quantitative estimate of drug-likeness (QED) is 0.687. The number of hydrogen-bond acceptors (Lipinski definition) is 5. The maximum Gasteiger partial charge on any atom is 0.285 e. The van der Waals surface area contributed by atoms with E-state index >= 15 is 0 Å². The topological polar surface area (TPSA) is 90.7 Å². The molecule has 0 fully saturated rings. The van der Waals surface area contributed by atoms with E-state index in [0.717, 1.165) is 0 Å². The van der Waals surface area contributed by atoms with Crippen molar-refractivity contribution >= 4 is 17.3 Å². The normalized spacial score (nSPS) is 12.6. The SMILES string of the molecule is O=C(Nc1cccc2c1OCCO2)c1cc(F)c(F)cc1[N+](=O)[O-]. The molecule has 0 atom stereocenters. The second kappa shape index (κ2) is 6.11. The largest absolute Gasteiger partial charge is 0.486 e. The van der Waals surface area contributed by atoms with Crippen LogP contribution in [0.5, 0.6) is 11.5 Å². The fourth-order valence-electron chi connectivity index (χ4n) is 2.23. The van der Waals surface area contributed by atoms with E-state index in [9.17, 15) is 23.7 Å². The zero-order chi connectivity index (χ0) is 17.3. The van der Waals surface area contributed by atoms with Crippen molar-refractivity contribution in [1.29, 1.82) is 0 Å². The van der Waals surface area contributed by atoms with Crippen molar-refractivity contribution in [1.82, 2.24) is 0 Å². The Bertz CT molecular complexity index is 841. The highest BCUT2D eigenvalue weighted by molar-refractivity contribution is 6.07. The Hall–Kier alpha value is -3.23. The van der Waals surface area contributed by atoms with Crippen molar-refractivity contribution in [3.8, 4) is 11.5 Å². The first-order valence-corrected chi connectivity index (χ1v) is 6.81. The number of halogens is 2. The van der Waals surface area contributed by atoms with Crippen LogP contribution in [0, 0.1) is 21.7 Å². The van der Waals surface area contributed by atoms with Gasteiger partial charge in [0.2, 0.25) is 0 Å². The lowest BCUT2D eigenvalue weighted by Gasteiger charge is -2.21. The van der Waals surface area contributed by atoms with E-state index in [0.29, 0.717) is 24.5 Å². The van der Waals surface area contributed by atoms with Gasteiger partial charge in [-0.25, -0.2) is 8.78 Å². The van der Waals surface area contributed by atoms with Crippen LogP contribution in [0.4, 0.5) is 20.2 Å². The second-order valence-corrected chi connectivity index (χ2v) is 4.82. The average molecular weight is 336 g/mol. The van der Waals surface area contributed by atoms with E-state index in [1.54, 1.807) is 12.1 Å². The number of benzene rings is 2. The van der Waals surface area contributed by atoms with E-state index in [4.69, 9.17) is 9.47 Å². The molecule has 0 bridgehead atoms. The average Bonchev–Trinajstić information content (AvgIpc) is 2.57.